The van der Waals surface area contributed by atoms with Crippen LogP contribution in [0.4, 0.5) is 11.4 Å². The van der Waals surface area contributed by atoms with Gasteiger partial charge in [-0.2, -0.15) is 5.26 Å². The minimum absolute atomic E-state index is 0.0432. The molecular formula is C25H20BrN3O4. The minimum atomic E-state index is -0.514. The molecule has 0 aromatic heterocycles. The van der Waals surface area contributed by atoms with Crippen LogP contribution < -0.4 is 20.1 Å². The maximum absolute atomic E-state index is 12.4. The average molecular weight is 506 g/mol. The number of benzene rings is 3. The number of rotatable bonds is 8. The Morgan fingerprint density at radius 1 is 0.970 bits per heavy atom. The fraction of sp³-hybridized carbons (Fsp3) is 0.0800. The van der Waals surface area contributed by atoms with E-state index in [9.17, 15) is 14.9 Å². The second kappa shape index (κ2) is 11.5. The Morgan fingerprint density at radius 2 is 1.64 bits per heavy atom. The summed E-state index contributed by atoms with van der Waals surface area (Å²) in [5.74, 6) is 0.358. The SMILES string of the molecule is COc1ccc(NC(=O)COc2ccc(/C=C(\C#N)C(=O)Nc3ccccc3Br)cc2)cc1. The highest BCUT2D eigenvalue weighted by atomic mass is 79.9. The van der Waals surface area contributed by atoms with Crippen molar-refractivity contribution in [1.29, 1.82) is 5.26 Å². The molecule has 33 heavy (non-hydrogen) atoms. The molecule has 7 nitrogen and oxygen atoms in total. The zero-order valence-corrected chi connectivity index (χ0v) is 19.3. The smallest absolute Gasteiger partial charge is 0.266 e. The number of hydrogen-bond acceptors (Lipinski definition) is 5. The summed E-state index contributed by atoms with van der Waals surface area (Å²) in [6, 6.07) is 22.7. The molecule has 3 aromatic rings. The van der Waals surface area contributed by atoms with E-state index in [4.69, 9.17) is 9.47 Å². The number of carbonyl (C=O) groups is 2. The number of carbonyl (C=O) groups excluding carboxylic acids is 2. The fourth-order valence-electron chi connectivity index (χ4n) is 2.75. The second-order valence-corrected chi connectivity index (χ2v) is 7.59. The van der Waals surface area contributed by atoms with Crippen LogP contribution in [0.2, 0.25) is 0 Å². The molecule has 0 saturated heterocycles. The average Bonchev–Trinajstić information content (AvgIpc) is 2.83. The third kappa shape index (κ3) is 6.95. The van der Waals surface area contributed by atoms with E-state index >= 15 is 0 Å². The Bertz CT molecular complexity index is 1200. The van der Waals surface area contributed by atoms with Crippen LogP contribution in [0.1, 0.15) is 5.56 Å². The molecule has 0 radical (unpaired) electrons. The van der Waals surface area contributed by atoms with Crippen LogP contribution in [-0.2, 0) is 9.59 Å². The van der Waals surface area contributed by atoms with Crippen molar-refractivity contribution in [2.24, 2.45) is 0 Å². The Balaban J connectivity index is 1.56. The van der Waals surface area contributed by atoms with Gasteiger partial charge in [-0.1, -0.05) is 24.3 Å². The number of hydrogen-bond donors (Lipinski definition) is 2. The van der Waals surface area contributed by atoms with Crippen molar-refractivity contribution in [3.63, 3.8) is 0 Å². The van der Waals surface area contributed by atoms with Gasteiger partial charge in [0.15, 0.2) is 6.61 Å². The largest absolute Gasteiger partial charge is 0.497 e. The highest BCUT2D eigenvalue weighted by molar-refractivity contribution is 9.10. The van der Waals surface area contributed by atoms with Gasteiger partial charge in [0.1, 0.15) is 23.1 Å². The molecule has 0 saturated carbocycles. The lowest BCUT2D eigenvalue weighted by Crippen LogP contribution is -2.20. The van der Waals surface area contributed by atoms with Gasteiger partial charge in [0.2, 0.25) is 0 Å². The van der Waals surface area contributed by atoms with Crippen molar-refractivity contribution < 1.29 is 19.1 Å². The Morgan fingerprint density at radius 3 is 2.27 bits per heavy atom. The molecule has 0 aliphatic rings. The molecular weight excluding hydrogens is 486 g/mol. The van der Waals surface area contributed by atoms with E-state index in [-0.39, 0.29) is 18.1 Å². The molecule has 0 bridgehead atoms. The molecule has 166 valence electrons. The predicted molar refractivity (Wildman–Crippen MR) is 130 cm³/mol. The first-order chi connectivity index (χ1) is 16.0. The summed E-state index contributed by atoms with van der Waals surface area (Å²) >= 11 is 3.36. The molecule has 0 fully saturated rings. The molecule has 0 aliphatic carbocycles. The lowest BCUT2D eigenvalue weighted by atomic mass is 10.1. The number of nitrogens with one attached hydrogen (secondary N) is 2. The van der Waals surface area contributed by atoms with Crippen LogP contribution in [0.15, 0.2) is 82.8 Å². The summed E-state index contributed by atoms with van der Waals surface area (Å²) in [6.07, 6.45) is 1.48. The van der Waals surface area contributed by atoms with E-state index in [2.05, 4.69) is 26.6 Å². The van der Waals surface area contributed by atoms with Gasteiger partial charge in [0.05, 0.1) is 12.8 Å². The number of amides is 2. The zero-order valence-electron chi connectivity index (χ0n) is 17.7. The van der Waals surface area contributed by atoms with Gasteiger partial charge in [-0.15, -0.1) is 0 Å². The topological polar surface area (TPSA) is 100 Å². The lowest BCUT2D eigenvalue weighted by molar-refractivity contribution is -0.118. The molecule has 0 aliphatic heterocycles. The summed E-state index contributed by atoms with van der Waals surface area (Å²) in [7, 11) is 1.57. The number of halogens is 1. The van der Waals surface area contributed by atoms with Gasteiger partial charge in [-0.05, 0) is 76.1 Å². The molecule has 3 rings (SSSR count). The van der Waals surface area contributed by atoms with Gasteiger partial charge in [0.25, 0.3) is 11.8 Å². The molecule has 0 atom stereocenters. The lowest BCUT2D eigenvalue weighted by Gasteiger charge is -2.09. The molecule has 2 amide bonds. The van der Waals surface area contributed by atoms with Crippen LogP contribution in [0.3, 0.4) is 0 Å². The maximum Gasteiger partial charge on any atom is 0.266 e. The number of nitriles is 1. The Kier molecular flexibility index (Phi) is 8.22. The molecule has 0 spiro atoms. The van der Waals surface area contributed by atoms with Gasteiger partial charge >= 0.3 is 0 Å². The van der Waals surface area contributed by atoms with Crippen LogP contribution in [0, 0.1) is 11.3 Å². The van der Waals surface area contributed by atoms with Gasteiger partial charge in [-0.25, -0.2) is 0 Å². The molecule has 2 N–H and O–H groups in total. The van der Waals surface area contributed by atoms with E-state index in [0.717, 1.165) is 0 Å². The van der Waals surface area contributed by atoms with Crippen molar-refractivity contribution in [2.45, 2.75) is 0 Å². The van der Waals surface area contributed by atoms with Crippen LogP contribution in [0.25, 0.3) is 6.08 Å². The Hall–Kier alpha value is -4.09. The van der Waals surface area contributed by atoms with Crippen molar-refractivity contribution >= 4 is 45.2 Å². The van der Waals surface area contributed by atoms with E-state index in [1.807, 2.05) is 12.1 Å². The van der Waals surface area contributed by atoms with E-state index in [0.29, 0.717) is 32.9 Å². The van der Waals surface area contributed by atoms with Gasteiger partial charge in [0, 0.05) is 10.2 Å². The number of anilines is 2. The summed E-state index contributed by atoms with van der Waals surface area (Å²) in [6.45, 7) is -0.168. The van der Waals surface area contributed by atoms with E-state index in [1.165, 1.54) is 6.08 Å². The van der Waals surface area contributed by atoms with Crippen molar-refractivity contribution in [2.75, 3.05) is 24.4 Å². The Labute approximate surface area is 199 Å². The molecule has 8 heteroatoms. The third-order valence-corrected chi connectivity index (χ3v) is 5.11. The molecule has 0 unspecified atom stereocenters. The first kappa shape index (κ1) is 23.6. The normalized spacial score (nSPS) is 10.6. The highest BCUT2D eigenvalue weighted by Crippen LogP contribution is 2.22. The van der Waals surface area contributed by atoms with Crippen LogP contribution in [0.5, 0.6) is 11.5 Å². The first-order valence-electron chi connectivity index (χ1n) is 9.83. The number of nitrogens with zero attached hydrogens (tertiary/aromatic N) is 1. The molecule has 0 heterocycles. The van der Waals surface area contributed by atoms with Crippen molar-refractivity contribution in [3.8, 4) is 17.6 Å². The fourth-order valence-corrected chi connectivity index (χ4v) is 3.13. The third-order valence-electron chi connectivity index (χ3n) is 4.42. The summed E-state index contributed by atoms with van der Waals surface area (Å²) in [4.78, 5) is 24.5. The summed E-state index contributed by atoms with van der Waals surface area (Å²) < 4.78 is 11.3. The van der Waals surface area contributed by atoms with Crippen molar-refractivity contribution in [1.82, 2.24) is 0 Å². The monoisotopic (exact) mass is 505 g/mol. The van der Waals surface area contributed by atoms with Crippen molar-refractivity contribution in [3.05, 3.63) is 88.4 Å². The number of methoxy groups -OCH3 is 1. The maximum atomic E-state index is 12.4. The summed E-state index contributed by atoms with van der Waals surface area (Å²) in [5.41, 5.74) is 1.80. The standard InChI is InChI=1S/C25H20BrN3O4/c1-32-20-12-8-19(9-13-20)28-24(30)16-33-21-10-6-17(7-11-21)14-18(15-27)25(31)29-23-5-3-2-4-22(23)26/h2-14H,16H2,1H3,(H,28,30)(H,29,31)/b18-14+. The zero-order chi connectivity index (χ0) is 23.6. The predicted octanol–water partition coefficient (Wildman–Crippen LogP) is 5.02. The quantitative estimate of drug-likeness (QED) is 0.330. The highest BCUT2D eigenvalue weighted by Gasteiger charge is 2.11. The van der Waals surface area contributed by atoms with Crippen LogP contribution in [-0.4, -0.2) is 25.5 Å². The van der Waals surface area contributed by atoms with Crippen LogP contribution >= 0.6 is 15.9 Å². The van der Waals surface area contributed by atoms with E-state index < -0.39 is 5.91 Å². The second-order valence-electron chi connectivity index (χ2n) is 6.74. The molecule has 3 aromatic carbocycles. The first-order valence-corrected chi connectivity index (χ1v) is 10.6. The van der Waals surface area contributed by atoms with Gasteiger partial charge < -0.3 is 20.1 Å². The number of para-hydroxylation sites is 1. The number of ether oxygens (including phenoxy) is 2. The van der Waals surface area contributed by atoms with E-state index in [1.54, 1.807) is 73.8 Å². The minimum Gasteiger partial charge on any atom is -0.497 e. The van der Waals surface area contributed by atoms with Gasteiger partial charge in [-0.3, -0.25) is 9.59 Å². The summed E-state index contributed by atoms with van der Waals surface area (Å²) in [5, 5.41) is 14.8.